The van der Waals surface area contributed by atoms with Crippen molar-refractivity contribution in [2.24, 2.45) is 0 Å². The van der Waals surface area contributed by atoms with Gasteiger partial charge in [-0.1, -0.05) is 0 Å². The molecular formula is C8H8ClN3O2. The monoisotopic (exact) mass is 213 g/mol. The van der Waals surface area contributed by atoms with Crippen LogP contribution >= 0.6 is 12.4 Å². The van der Waals surface area contributed by atoms with Gasteiger partial charge in [0.25, 0.3) is 0 Å². The standard InChI is InChI=1S/C8H7N3O2.ClH/c1-5-9-7-4-6(8(12)13)2-3-11(7)10-5;/h2-4H,1H3,(H,12,13);1H. The van der Waals surface area contributed by atoms with Crippen LogP contribution in [-0.2, 0) is 0 Å². The number of hydrogen-bond acceptors (Lipinski definition) is 3. The first kappa shape index (κ1) is 10.5. The molecule has 14 heavy (non-hydrogen) atoms. The lowest BCUT2D eigenvalue weighted by Crippen LogP contribution is -1.97. The van der Waals surface area contributed by atoms with Crippen LogP contribution in [0.2, 0.25) is 0 Å². The Hall–Kier alpha value is -1.62. The van der Waals surface area contributed by atoms with Crippen LogP contribution in [0.25, 0.3) is 5.65 Å². The van der Waals surface area contributed by atoms with E-state index < -0.39 is 5.97 Å². The summed E-state index contributed by atoms with van der Waals surface area (Å²) in [5.74, 6) is -0.328. The minimum atomic E-state index is -0.955. The molecule has 6 heteroatoms. The van der Waals surface area contributed by atoms with Crippen molar-refractivity contribution >= 4 is 24.0 Å². The van der Waals surface area contributed by atoms with E-state index in [9.17, 15) is 4.79 Å². The first-order valence-corrected chi connectivity index (χ1v) is 3.73. The molecule has 74 valence electrons. The molecule has 0 aliphatic heterocycles. The van der Waals surface area contributed by atoms with Gasteiger partial charge in [0, 0.05) is 6.20 Å². The molecule has 2 aromatic heterocycles. The lowest BCUT2D eigenvalue weighted by molar-refractivity contribution is 0.0697. The minimum Gasteiger partial charge on any atom is -0.478 e. The van der Waals surface area contributed by atoms with Gasteiger partial charge in [0.2, 0.25) is 0 Å². The highest BCUT2D eigenvalue weighted by atomic mass is 35.5. The summed E-state index contributed by atoms with van der Waals surface area (Å²) in [7, 11) is 0. The van der Waals surface area contributed by atoms with E-state index in [4.69, 9.17) is 5.11 Å². The molecule has 0 amide bonds. The molecule has 2 rings (SSSR count). The number of aromatic carboxylic acids is 1. The molecule has 0 aromatic carbocycles. The molecule has 2 aromatic rings. The number of nitrogens with zero attached hydrogens (tertiary/aromatic N) is 3. The molecule has 0 bridgehead atoms. The molecule has 0 saturated heterocycles. The molecule has 2 heterocycles. The molecule has 5 nitrogen and oxygen atoms in total. The van der Waals surface area contributed by atoms with E-state index in [0.29, 0.717) is 11.5 Å². The first-order valence-electron chi connectivity index (χ1n) is 3.73. The zero-order valence-corrected chi connectivity index (χ0v) is 8.15. The topological polar surface area (TPSA) is 67.5 Å². The number of hydrogen-bond donors (Lipinski definition) is 1. The fourth-order valence-corrected chi connectivity index (χ4v) is 1.13. The number of carbonyl (C=O) groups is 1. The lowest BCUT2D eigenvalue weighted by Gasteiger charge is -1.93. The molecule has 0 atom stereocenters. The Morgan fingerprint density at radius 3 is 2.93 bits per heavy atom. The van der Waals surface area contributed by atoms with Gasteiger partial charge in [-0.05, 0) is 19.1 Å². The third-order valence-corrected chi connectivity index (χ3v) is 1.69. The smallest absolute Gasteiger partial charge is 0.335 e. The van der Waals surface area contributed by atoms with Gasteiger partial charge in [0.05, 0.1) is 5.56 Å². The Kier molecular flexibility index (Phi) is 2.71. The van der Waals surface area contributed by atoms with E-state index in [2.05, 4.69) is 10.1 Å². The fraction of sp³-hybridized carbons (Fsp3) is 0.125. The van der Waals surface area contributed by atoms with Crippen molar-refractivity contribution in [3.8, 4) is 0 Å². The Morgan fingerprint density at radius 1 is 1.57 bits per heavy atom. The largest absolute Gasteiger partial charge is 0.478 e. The maximum Gasteiger partial charge on any atom is 0.335 e. The summed E-state index contributed by atoms with van der Waals surface area (Å²) in [6, 6.07) is 2.98. The van der Waals surface area contributed by atoms with Crippen LogP contribution in [0, 0.1) is 6.92 Å². The van der Waals surface area contributed by atoms with Crippen LogP contribution in [0.1, 0.15) is 16.2 Å². The Labute approximate surface area is 85.8 Å². The summed E-state index contributed by atoms with van der Waals surface area (Å²) in [5.41, 5.74) is 0.775. The quantitative estimate of drug-likeness (QED) is 0.772. The van der Waals surface area contributed by atoms with Gasteiger partial charge in [-0.3, -0.25) is 0 Å². The SMILES string of the molecule is Cc1nc2cc(C(=O)O)ccn2n1.Cl. The molecular weight excluding hydrogens is 206 g/mol. The van der Waals surface area contributed by atoms with Crippen molar-refractivity contribution in [3.05, 3.63) is 29.7 Å². The molecule has 1 N–H and O–H groups in total. The second-order valence-electron chi connectivity index (χ2n) is 2.68. The van der Waals surface area contributed by atoms with Crippen molar-refractivity contribution in [1.29, 1.82) is 0 Å². The molecule has 0 unspecified atom stereocenters. The summed E-state index contributed by atoms with van der Waals surface area (Å²) in [5, 5.41) is 12.7. The summed E-state index contributed by atoms with van der Waals surface area (Å²) < 4.78 is 1.54. The Balaban J connectivity index is 0.000000980. The van der Waals surface area contributed by atoms with Gasteiger partial charge in [-0.2, -0.15) is 5.10 Å². The molecule has 0 saturated carbocycles. The highest BCUT2D eigenvalue weighted by Crippen LogP contribution is 2.04. The summed E-state index contributed by atoms with van der Waals surface area (Å²) >= 11 is 0. The Morgan fingerprint density at radius 2 is 2.29 bits per heavy atom. The van der Waals surface area contributed by atoms with Crippen LogP contribution in [-0.4, -0.2) is 25.7 Å². The molecule has 0 aliphatic rings. The third kappa shape index (κ3) is 1.67. The predicted molar refractivity (Wildman–Crippen MR) is 51.9 cm³/mol. The second-order valence-corrected chi connectivity index (χ2v) is 2.68. The second kappa shape index (κ2) is 3.63. The third-order valence-electron chi connectivity index (χ3n) is 1.69. The number of aromatic nitrogens is 3. The summed E-state index contributed by atoms with van der Waals surface area (Å²) in [4.78, 5) is 14.6. The van der Waals surface area contributed by atoms with Crippen LogP contribution in [0.5, 0.6) is 0 Å². The van der Waals surface area contributed by atoms with Crippen molar-refractivity contribution in [3.63, 3.8) is 0 Å². The van der Waals surface area contributed by atoms with E-state index in [1.165, 1.54) is 12.1 Å². The minimum absolute atomic E-state index is 0. The maximum atomic E-state index is 10.6. The van der Waals surface area contributed by atoms with Gasteiger partial charge in [0.15, 0.2) is 5.65 Å². The summed E-state index contributed by atoms with van der Waals surface area (Å²) in [6.07, 6.45) is 1.58. The molecule has 0 fully saturated rings. The van der Waals surface area contributed by atoms with Crippen molar-refractivity contribution in [2.75, 3.05) is 0 Å². The normalized spacial score (nSPS) is 9.79. The predicted octanol–water partition coefficient (Wildman–Crippen LogP) is 1.16. The number of carboxylic acid groups (broad SMARTS) is 1. The summed E-state index contributed by atoms with van der Waals surface area (Å²) in [6.45, 7) is 1.76. The van der Waals surface area contributed by atoms with Gasteiger partial charge in [-0.15, -0.1) is 12.4 Å². The van der Waals surface area contributed by atoms with Crippen LogP contribution in [0.4, 0.5) is 0 Å². The van der Waals surface area contributed by atoms with Crippen molar-refractivity contribution in [2.45, 2.75) is 6.92 Å². The van der Waals surface area contributed by atoms with E-state index in [-0.39, 0.29) is 18.0 Å². The number of halogens is 1. The average molecular weight is 214 g/mol. The zero-order chi connectivity index (χ0) is 9.42. The van der Waals surface area contributed by atoms with E-state index in [1.54, 1.807) is 17.6 Å². The number of pyridine rings is 1. The maximum absolute atomic E-state index is 10.6. The Bertz CT molecular complexity index is 480. The lowest BCUT2D eigenvalue weighted by atomic mass is 10.3. The van der Waals surface area contributed by atoms with E-state index in [0.717, 1.165) is 0 Å². The number of rotatable bonds is 1. The van der Waals surface area contributed by atoms with E-state index >= 15 is 0 Å². The van der Waals surface area contributed by atoms with Gasteiger partial charge < -0.3 is 5.11 Å². The highest BCUT2D eigenvalue weighted by Gasteiger charge is 2.05. The highest BCUT2D eigenvalue weighted by molar-refractivity contribution is 5.88. The van der Waals surface area contributed by atoms with Gasteiger partial charge in [-0.25, -0.2) is 14.3 Å². The number of aryl methyl sites for hydroxylation is 1. The zero-order valence-electron chi connectivity index (χ0n) is 7.34. The fourth-order valence-electron chi connectivity index (χ4n) is 1.13. The molecule has 0 radical (unpaired) electrons. The average Bonchev–Trinajstić information content (AvgIpc) is 2.42. The first-order chi connectivity index (χ1) is 6.16. The van der Waals surface area contributed by atoms with E-state index in [1.807, 2.05) is 0 Å². The molecule has 0 spiro atoms. The van der Waals surface area contributed by atoms with Crippen LogP contribution < -0.4 is 0 Å². The van der Waals surface area contributed by atoms with Crippen molar-refractivity contribution in [1.82, 2.24) is 14.6 Å². The van der Waals surface area contributed by atoms with Crippen LogP contribution in [0.15, 0.2) is 18.3 Å². The van der Waals surface area contributed by atoms with Gasteiger partial charge >= 0.3 is 5.97 Å². The molecule has 0 aliphatic carbocycles. The van der Waals surface area contributed by atoms with Crippen molar-refractivity contribution < 1.29 is 9.90 Å². The van der Waals surface area contributed by atoms with Crippen LogP contribution in [0.3, 0.4) is 0 Å². The number of carboxylic acids is 1. The van der Waals surface area contributed by atoms with Gasteiger partial charge in [0.1, 0.15) is 5.82 Å². The number of fused-ring (bicyclic) bond motifs is 1.